The number of fused-ring (bicyclic) bond motifs is 1. The zero-order valence-corrected chi connectivity index (χ0v) is 13.1. The van der Waals surface area contributed by atoms with E-state index in [2.05, 4.69) is 45.0 Å². The highest BCUT2D eigenvalue weighted by atomic mass is 14.9. The molecule has 1 aromatic carbocycles. The third-order valence-corrected chi connectivity index (χ3v) is 4.56. The summed E-state index contributed by atoms with van der Waals surface area (Å²) in [7, 11) is 0. The second-order valence-electron chi connectivity index (χ2n) is 6.23. The Hall–Kier alpha value is -1.74. The second-order valence-corrected chi connectivity index (χ2v) is 6.23. The third-order valence-electron chi connectivity index (χ3n) is 4.56. The van der Waals surface area contributed by atoms with E-state index in [-0.39, 0.29) is 0 Å². The monoisotopic (exact) mass is 281 g/mol. The first kappa shape index (κ1) is 14.2. The molecule has 1 aliphatic carbocycles. The van der Waals surface area contributed by atoms with Gasteiger partial charge in [0.2, 0.25) is 0 Å². The van der Waals surface area contributed by atoms with Crippen molar-refractivity contribution in [2.75, 3.05) is 6.54 Å². The van der Waals surface area contributed by atoms with Crippen molar-refractivity contribution in [1.29, 1.82) is 0 Å². The van der Waals surface area contributed by atoms with Crippen molar-refractivity contribution < 1.29 is 0 Å². The molecule has 0 saturated heterocycles. The Labute approximate surface area is 126 Å². The lowest BCUT2D eigenvalue weighted by Gasteiger charge is -2.29. The van der Waals surface area contributed by atoms with Gasteiger partial charge in [0.05, 0.1) is 0 Å². The van der Waals surface area contributed by atoms with E-state index in [1.165, 1.54) is 16.7 Å². The van der Waals surface area contributed by atoms with E-state index in [1.54, 1.807) is 0 Å². The zero-order valence-electron chi connectivity index (χ0n) is 13.1. The van der Waals surface area contributed by atoms with Gasteiger partial charge in [0, 0.05) is 17.3 Å². The fourth-order valence-corrected chi connectivity index (χ4v) is 3.14. The Balaban J connectivity index is 1.90. The number of nitrogens with zero attached hydrogens (tertiary/aromatic N) is 2. The van der Waals surface area contributed by atoms with E-state index in [1.807, 2.05) is 0 Å². The molecule has 2 N–H and O–H groups in total. The van der Waals surface area contributed by atoms with Gasteiger partial charge in [-0.05, 0) is 55.8 Å². The number of hydrogen-bond donors (Lipinski definition) is 1. The van der Waals surface area contributed by atoms with E-state index < -0.39 is 0 Å². The number of rotatable bonds is 4. The lowest BCUT2D eigenvalue weighted by atomic mass is 9.77. The van der Waals surface area contributed by atoms with Crippen LogP contribution in [0.4, 0.5) is 0 Å². The summed E-state index contributed by atoms with van der Waals surface area (Å²) < 4.78 is 0. The van der Waals surface area contributed by atoms with Gasteiger partial charge < -0.3 is 5.73 Å². The maximum atomic E-state index is 5.74. The van der Waals surface area contributed by atoms with Crippen LogP contribution in [-0.4, -0.2) is 16.5 Å². The van der Waals surface area contributed by atoms with Crippen LogP contribution in [-0.2, 0) is 12.8 Å². The van der Waals surface area contributed by atoms with E-state index >= 15 is 0 Å². The first-order chi connectivity index (χ1) is 10.1. The lowest BCUT2D eigenvalue weighted by Crippen LogP contribution is -2.22. The van der Waals surface area contributed by atoms with Gasteiger partial charge in [0.25, 0.3) is 0 Å². The molecule has 0 spiro atoms. The van der Waals surface area contributed by atoms with Gasteiger partial charge in [-0.25, -0.2) is 9.97 Å². The zero-order chi connectivity index (χ0) is 15.0. The fraction of sp³-hybridized carbons (Fsp3) is 0.444. The van der Waals surface area contributed by atoms with Crippen molar-refractivity contribution in [3.8, 4) is 0 Å². The standard InChI is InChI=1S/C18H23N3/c1-11(10-19)8-16-12(2)20-18(21-13(16)3)17-9-14-6-4-5-7-15(14)17/h4-7,11,17H,8-10,19H2,1-3H3. The molecule has 3 nitrogen and oxygen atoms in total. The third kappa shape index (κ3) is 2.58. The first-order valence-electron chi connectivity index (χ1n) is 7.72. The molecule has 3 rings (SSSR count). The van der Waals surface area contributed by atoms with Crippen LogP contribution in [0, 0.1) is 19.8 Å². The average Bonchev–Trinajstić information content (AvgIpc) is 2.44. The minimum Gasteiger partial charge on any atom is -0.330 e. The molecule has 0 amide bonds. The maximum absolute atomic E-state index is 5.74. The van der Waals surface area contributed by atoms with Crippen LogP contribution < -0.4 is 5.73 Å². The van der Waals surface area contributed by atoms with Crippen LogP contribution in [0.5, 0.6) is 0 Å². The molecule has 0 radical (unpaired) electrons. The van der Waals surface area contributed by atoms with Crippen molar-refractivity contribution >= 4 is 0 Å². The maximum Gasteiger partial charge on any atom is 0.136 e. The summed E-state index contributed by atoms with van der Waals surface area (Å²) >= 11 is 0. The molecule has 1 heterocycles. The quantitative estimate of drug-likeness (QED) is 0.937. The van der Waals surface area contributed by atoms with Gasteiger partial charge in [-0.2, -0.15) is 0 Å². The molecule has 0 saturated carbocycles. The van der Waals surface area contributed by atoms with Crippen LogP contribution in [0.3, 0.4) is 0 Å². The first-order valence-corrected chi connectivity index (χ1v) is 7.72. The van der Waals surface area contributed by atoms with Gasteiger partial charge in [-0.15, -0.1) is 0 Å². The van der Waals surface area contributed by atoms with Gasteiger partial charge in [0.1, 0.15) is 5.82 Å². The molecule has 2 atom stereocenters. The highest BCUT2D eigenvalue weighted by Gasteiger charge is 2.30. The molecule has 1 aliphatic rings. The summed E-state index contributed by atoms with van der Waals surface area (Å²) in [5.41, 5.74) is 12.1. The highest BCUT2D eigenvalue weighted by Crippen LogP contribution is 2.38. The van der Waals surface area contributed by atoms with Crippen molar-refractivity contribution in [3.05, 3.63) is 58.2 Å². The Bertz CT molecular complexity index is 640. The molecule has 0 bridgehead atoms. The number of aromatic nitrogens is 2. The summed E-state index contributed by atoms with van der Waals surface area (Å²) in [4.78, 5) is 9.58. The van der Waals surface area contributed by atoms with E-state index in [0.29, 0.717) is 18.4 Å². The molecular formula is C18H23N3. The molecule has 0 fully saturated rings. The SMILES string of the molecule is Cc1nc(C2Cc3ccccc32)nc(C)c1CC(C)CN. The fourth-order valence-electron chi connectivity index (χ4n) is 3.14. The van der Waals surface area contributed by atoms with Gasteiger partial charge in [-0.3, -0.25) is 0 Å². The molecule has 3 heteroatoms. The summed E-state index contributed by atoms with van der Waals surface area (Å²) in [6.45, 7) is 7.08. The van der Waals surface area contributed by atoms with E-state index in [9.17, 15) is 0 Å². The minimum atomic E-state index is 0.375. The van der Waals surface area contributed by atoms with E-state index in [4.69, 9.17) is 15.7 Å². The Kier molecular flexibility index (Phi) is 3.77. The number of benzene rings is 1. The Morgan fingerprint density at radius 1 is 1.19 bits per heavy atom. The van der Waals surface area contributed by atoms with Crippen LogP contribution in [0.25, 0.3) is 0 Å². The summed E-state index contributed by atoms with van der Waals surface area (Å²) in [6.07, 6.45) is 2.03. The van der Waals surface area contributed by atoms with E-state index in [0.717, 1.165) is 30.1 Å². The molecule has 1 aromatic heterocycles. The van der Waals surface area contributed by atoms with Crippen LogP contribution in [0.15, 0.2) is 24.3 Å². The molecule has 110 valence electrons. The van der Waals surface area contributed by atoms with Crippen LogP contribution >= 0.6 is 0 Å². The summed E-state index contributed by atoms with van der Waals surface area (Å²) in [5.74, 6) is 1.83. The topological polar surface area (TPSA) is 51.8 Å². The normalized spacial score (nSPS) is 18.0. The Morgan fingerprint density at radius 3 is 2.48 bits per heavy atom. The minimum absolute atomic E-state index is 0.375. The number of nitrogens with two attached hydrogens (primary N) is 1. The van der Waals surface area contributed by atoms with Gasteiger partial charge >= 0.3 is 0 Å². The summed E-state index contributed by atoms with van der Waals surface area (Å²) in [6, 6.07) is 8.59. The van der Waals surface area contributed by atoms with Crippen molar-refractivity contribution in [2.45, 2.75) is 39.5 Å². The predicted octanol–water partition coefficient (Wildman–Crippen LogP) is 2.92. The lowest BCUT2D eigenvalue weighted by molar-refractivity contribution is 0.580. The smallest absolute Gasteiger partial charge is 0.136 e. The van der Waals surface area contributed by atoms with Gasteiger partial charge in [0.15, 0.2) is 0 Å². The average molecular weight is 281 g/mol. The predicted molar refractivity (Wildman–Crippen MR) is 85.4 cm³/mol. The largest absolute Gasteiger partial charge is 0.330 e. The van der Waals surface area contributed by atoms with Crippen LogP contribution in [0.1, 0.15) is 46.7 Å². The molecular weight excluding hydrogens is 258 g/mol. The molecule has 21 heavy (non-hydrogen) atoms. The number of aryl methyl sites for hydroxylation is 2. The number of hydrogen-bond acceptors (Lipinski definition) is 3. The van der Waals surface area contributed by atoms with Crippen molar-refractivity contribution in [2.24, 2.45) is 11.7 Å². The molecule has 2 unspecified atom stereocenters. The second kappa shape index (κ2) is 5.57. The molecule has 2 aromatic rings. The summed E-state index contributed by atoms with van der Waals surface area (Å²) in [5, 5.41) is 0. The van der Waals surface area contributed by atoms with Crippen molar-refractivity contribution in [1.82, 2.24) is 9.97 Å². The van der Waals surface area contributed by atoms with Crippen LogP contribution in [0.2, 0.25) is 0 Å². The van der Waals surface area contributed by atoms with Crippen molar-refractivity contribution in [3.63, 3.8) is 0 Å². The molecule has 0 aliphatic heterocycles. The van der Waals surface area contributed by atoms with Gasteiger partial charge in [-0.1, -0.05) is 31.2 Å². The highest BCUT2D eigenvalue weighted by molar-refractivity contribution is 5.44. The Morgan fingerprint density at radius 2 is 1.86 bits per heavy atom.